The number of halogens is 1. The van der Waals surface area contributed by atoms with Gasteiger partial charge in [0, 0.05) is 12.5 Å². The van der Waals surface area contributed by atoms with E-state index in [1.54, 1.807) is 0 Å². The van der Waals surface area contributed by atoms with E-state index in [1.807, 2.05) is 0 Å². The Bertz CT molecular complexity index is 406. The average molecular weight is 284 g/mol. The Balaban J connectivity index is 0.00000180. The van der Waals surface area contributed by atoms with Gasteiger partial charge in [0.25, 0.3) is 0 Å². The van der Waals surface area contributed by atoms with Crippen molar-refractivity contribution in [2.75, 3.05) is 19.7 Å². The highest BCUT2D eigenvalue weighted by Crippen LogP contribution is 2.27. The van der Waals surface area contributed by atoms with Crippen LogP contribution < -0.4 is 10.1 Å². The zero-order valence-corrected chi connectivity index (χ0v) is 13.3. The number of hydrogen-bond donors (Lipinski definition) is 1. The maximum Gasteiger partial charge on any atom is 0.122 e. The number of rotatable bonds is 3. The molecule has 1 atom stereocenters. The van der Waals surface area contributed by atoms with E-state index in [1.165, 1.54) is 17.5 Å². The van der Waals surface area contributed by atoms with Crippen molar-refractivity contribution in [2.45, 2.75) is 39.5 Å². The van der Waals surface area contributed by atoms with Gasteiger partial charge < -0.3 is 10.1 Å². The first-order valence-corrected chi connectivity index (χ1v) is 6.91. The first kappa shape index (κ1) is 16.3. The van der Waals surface area contributed by atoms with Crippen LogP contribution in [-0.2, 0) is 5.41 Å². The van der Waals surface area contributed by atoms with Crippen molar-refractivity contribution in [2.24, 2.45) is 5.92 Å². The maximum absolute atomic E-state index is 5.95. The van der Waals surface area contributed by atoms with E-state index in [0.29, 0.717) is 5.92 Å². The SMILES string of the molecule is Cc1cc(C(C)(C)C)ccc1OCC1CCNC1.Cl. The molecule has 1 unspecified atom stereocenters. The highest BCUT2D eigenvalue weighted by Gasteiger charge is 2.17. The Labute approximate surface area is 123 Å². The second-order valence-electron chi connectivity index (χ2n) is 6.40. The third-order valence-electron chi connectivity index (χ3n) is 3.68. The van der Waals surface area contributed by atoms with Crippen molar-refractivity contribution >= 4 is 12.4 Å². The molecule has 1 fully saturated rings. The van der Waals surface area contributed by atoms with Gasteiger partial charge in [0.15, 0.2) is 0 Å². The Morgan fingerprint density at radius 2 is 2.05 bits per heavy atom. The average Bonchev–Trinajstić information content (AvgIpc) is 2.79. The Morgan fingerprint density at radius 3 is 2.58 bits per heavy atom. The first-order valence-electron chi connectivity index (χ1n) is 6.91. The number of ether oxygens (including phenoxy) is 1. The summed E-state index contributed by atoms with van der Waals surface area (Å²) in [5.41, 5.74) is 2.82. The van der Waals surface area contributed by atoms with Gasteiger partial charge in [-0.25, -0.2) is 0 Å². The number of hydrogen-bond acceptors (Lipinski definition) is 2. The van der Waals surface area contributed by atoms with E-state index in [-0.39, 0.29) is 17.8 Å². The normalized spacial score (nSPS) is 19.1. The van der Waals surface area contributed by atoms with Gasteiger partial charge in [-0.3, -0.25) is 0 Å². The first-order chi connectivity index (χ1) is 8.47. The van der Waals surface area contributed by atoms with E-state index in [9.17, 15) is 0 Å². The second kappa shape index (κ2) is 6.62. The lowest BCUT2D eigenvalue weighted by molar-refractivity contribution is 0.258. The lowest BCUT2D eigenvalue weighted by atomic mass is 9.86. The smallest absolute Gasteiger partial charge is 0.122 e. The molecule has 1 aromatic rings. The van der Waals surface area contributed by atoms with Gasteiger partial charge in [0.2, 0.25) is 0 Å². The van der Waals surface area contributed by atoms with Crippen molar-refractivity contribution in [3.05, 3.63) is 29.3 Å². The fourth-order valence-electron chi connectivity index (χ4n) is 2.34. The van der Waals surface area contributed by atoms with E-state index in [2.05, 4.69) is 51.2 Å². The van der Waals surface area contributed by atoms with Crippen LogP contribution in [0.4, 0.5) is 0 Å². The van der Waals surface area contributed by atoms with Gasteiger partial charge in [-0.2, -0.15) is 0 Å². The number of benzene rings is 1. The molecular weight excluding hydrogens is 258 g/mol. The molecule has 0 aliphatic carbocycles. The minimum Gasteiger partial charge on any atom is -0.493 e. The molecule has 0 radical (unpaired) electrons. The summed E-state index contributed by atoms with van der Waals surface area (Å²) in [6.07, 6.45) is 1.24. The molecule has 1 aromatic carbocycles. The summed E-state index contributed by atoms with van der Waals surface area (Å²) in [5.74, 6) is 1.71. The third kappa shape index (κ3) is 4.39. The summed E-state index contributed by atoms with van der Waals surface area (Å²) in [7, 11) is 0. The molecule has 2 nitrogen and oxygen atoms in total. The number of aryl methyl sites for hydroxylation is 1. The second-order valence-corrected chi connectivity index (χ2v) is 6.40. The lowest BCUT2D eigenvalue weighted by Gasteiger charge is -2.21. The van der Waals surface area contributed by atoms with Crippen molar-refractivity contribution in [3.63, 3.8) is 0 Å². The van der Waals surface area contributed by atoms with E-state index in [0.717, 1.165) is 25.4 Å². The van der Waals surface area contributed by atoms with Crippen molar-refractivity contribution in [1.82, 2.24) is 5.32 Å². The number of nitrogens with one attached hydrogen (secondary N) is 1. The summed E-state index contributed by atoms with van der Waals surface area (Å²) in [6.45, 7) is 11.9. The summed E-state index contributed by atoms with van der Waals surface area (Å²) in [4.78, 5) is 0. The standard InChI is InChI=1S/C16H25NO.ClH/c1-12-9-14(16(2,3)4)5-6-15(12)18-11-13-7-8-17-10-13;/h5-6,9,13,17H,7-8,10-11H2,1-4H3;1H. The van der Waals surface area contributed by atoms with Gasteiger partial charge in [0.05, 0.1) is 6.61 Å². The molecule has 0 amide bonds. The lowest BCUT2D eigenvalue weighted by Crippen LogP contribution is -2.16. The molecule has 1 aliphatic rings. The van der Waals surface area contributed by atoms with Crippen LogP contribution in [-0.4, -0.2) is 19.7 Å². The predicted octanol–water partition coefficient (Wildman–Crippen LogP) is 3.70. The van der Waals surface area contributed by atoms with Crippen LogP contribution in [0, 0.1) is 12.8 Å². The van der Waals surface area contributed by atoms with E-state index < -0.39 is 0 Å². The summed E-state index contributed by atoms with van der Waals surface area (Å²) < 4.78 is 5.95. The highest BCUT2D eigenvalue weighted by molar-refractivity contribution is 5.85. The van der Waals surface area contributed by atoms with Crippen LogP contribution in [0.1, 0.15) is 38.3 Å². The minimum absolute atomic E-state index is 0. The Hall–Kier alpha value is -0.730. The molecule has 0 spiro atoms. The van der Waals surface area contributed by atoms with Crippen LogP contribution in [0.25, 0.3) is 0 Å². The Kier molecular flexibility index (Phi) is 5.69. The quantitative estimate of drug-likeness (QED) is 0.913. The van der Waals surface area contributed by atoms with Crippen LogP contribution >= 0.6 is 12.4 Å². The third-order valence-corrected chi connectivity index (χ3v) is 3.68. The monoisotopic (exact) mass is 283 g/mol. The summed E-state index contributed by atoms with van der Waals surface area (Å²) in [6, 6.07) is 6.57. The van der Waals surface area contributed by atoms with E-state index in [4.69, 9.17) is 4.74 Å². The van der Waals surface area contributed by atoms with Crippen LogP contribution in [0.5, 0.6) is 5.75 Å². The van der Waals surface area contributed by atoms with Gasteiger partial charge in [-0.1, -0.05) is 32.9 Å². The largest absolute Gasteiger partial charge is 0.493 e. The van der Waals surface area contributed by atoms with Crippen LogP contribution in [0.2, 0.25) is 0 Å². The topological polar surface area (TPSA) is 21.3 Å². The molecule has 2 rings (SSSR count). The molecule has 1 aliphatic heterocycles. The van der Waals surface area contributed by atoms with Crippen LogP contribution in [0.15, 0.2) is 18.2 Å². The molecule has 3 heteroatoms. The van der Waals surface area contributed by atoms with Gasteiger partial charge in [0.1, 0.15) is 5.75 Å². The molecule has 1 saturated heterocycles. The molecule has 19 heavy (non-hydrogen) atoms. The molecule has 1 heterocycles. The predicted molar refractivity (Wildman–Crippen MR) is 83.6 cm³/mol. The van der Waals surface area contributed by atoms with Crippen molar-refractivity contribution in [3.8, 4) is 5.75 Å². The van der Waals surface area contributed by atoms with Crippen LogP contribution in [0.3, 0.4) is 0 Å². The zero-order valence-electron chi connectivity index (χ0n) is 12.5. The van der Waals surface area contributed by atoms with Gasteiger partial charge >= 0.3 is 0 Å². The highest BCUT2D eigenvalue weighted by atomic mass is 35.5. The van der Waals surface area contributed by atoms with Crippen molar-refractivity contribution < 1.29 is 4.74 Å². The molecule has 108 valence electrons. The zero-order chi connectivity index (χ0) is 13.2. The molecule has 0 aromatic heterocycles. The van der Waals surface area contributed by atoms with Crippen molar-refractivity contribution in [1.29, 1.82) is 0 Å². The summed E-state index contributed by atoms with van der Waals surface area (Å²) in [5, 5.41) is 3.37. The molecular formula is C16H26ClNO. The summed E-state index contributed by atoms with van der Waals surface area (Å²) >= 11 is 0. The maximum atomic E-state index is 5.95. The fourth-order valence-corrected chi connectivity index (χ4v) is 2.34. The molecule has 0 saturated carbocycles. The van der Waals surface area contributed by atoms with E-state index >= 15 is 0 Å². The van der Waals surface area contributed by atoms with Gasteiger partial charge in [-0.05, 0) is 42.5 Å². The molecule has 1 N–H and O–H groups in total. The minimum atomic E-state index is 0. The van der Waals surface area contributed by atoms with Gasteiger partial charge in [-0.15, -0.1) is 12.4 Å². The molecule has 0 bridgehead atoms. The fraction of sp³-hybridized carbons (Fsp3) is 0.625. The Morgan fingerprint density at radius 1 is 1.32 bits per heavy atom.